The number of carbonyl (C=O) groups excluding carboxylic acids is 1. The Bertz CT molecular complexity index is 1450. The first-order valence-corrected chi connectivity index (χ1v) is 12.5. The van der Waals surface area contributed by atoms with Crippen molar-refractivity contribution in [2.24, 2.45) is 11.1 Å². The van der Waals surface area contributed by atoms with Gasteiger partial charge in [0.05, 0.1) is 23.5 Å². The Kier molecular flexibility index (Phi) is 5.18. The van der Waals surface area contributed by atoms with E-state index in [0.717, 1.165) is 11.4 Å². The minimum absolute atomic E-state index is 0.0100. The summed E-state index contributed by atoms with van der Waals surface area (Å²) >= 11 is 5.95. The first kappa shape index (κ1) is 25.3. The molecule has 0 bridgehead atoms. The minimum atomic E-state index is -4.63. The van der Waals surface area contributed by atoms with Crippen molar-refractivity contribution < 1.29 is 26.7 Å². The van der Waals surface area contributed by atoms with Gasteiger partial charge in [-0.15, -0.1) is 0 Å². The Balaban J connectivity index is 1.32. The van der Waals surface area contributed by atoms with Crippen molar-refractivity contribution in [3.05, 3.63) is 52.9 Å². The molecule has 2 saturated carbocycles. The lowest BCUT2D eigenvalue weighted by Crippen LogP contribution is -2.52. The lowest BCUT2D eigenvalue weighted by molar-refractivity contribution is -0.181. The Morgan fingerprint density at radius 1 is 1.18 bits per heavy atom. The third-order valence-electron chi connectivity index (χ3n) is 8.42. The maximum absolute atomic E-state index is 15.0. The molecular formula is C25H24ClF5N6O. The molecule has 1 aromatic carbocycles. The first-order chi connectivity index (χ1) is 17.7. The molecule has 6 rings (SSSR count). The van der Waals surface area contributed by atoms with Gasteiger partial charge in [-0.1, -0.05) is 23.7 Å². The van der Waals surface area contributed by atoms with E-state index in [9.17, 15) is 26.7 Å². The number of alkyl halides is 5. The van der Waals surface area contributed by atoms with Crippen LogP contribution in [0.15, 0.2) is 36.5 Å². The molecule has 2 aliphatic carbocycles. The first-order valence-electron chi connectivity index (χ1n) is 12.1. The van der Waals surface area contributed by atoms with Gasteiger partial charge in [-0.2, -0.15) is 18.3 Å². The predicted octanol–water partition coefficient (Wildman–Crippen LogP) is 4.70. The Morgan fingerprint density at radius 3 is 2.45 bits per heavy atom. The summed E-state index contributed by atoms with van der Waals surface area (Å²) in [6.45, 7) is 1.85. The lowest BCUT2D eigenvalue weighted by Gasteiger charge is -2.33. The van der Waals surface area contributed by atoms with Crippen LogP contribution in [-0.2, 0) is 10.2 Å². The summed E-state index contributed by atoms with van der Waals surface area (Å²) < 4.78 is 74.1. The van der Waals surface area contributed by atoms with Crippen LogP contribution in [0.4, 0.5) is 33.3 Å². The summed E-state index contributed by atoms with van der Waals surface area (Å²) in [5.41, 5.74) is 2.35. The smallest absolute Gasteiger partial charge is 0.353 e. The second-order valence-electron chi connectivity index (χ2n) is 10.9. The van der Waals surface area contributed by atoms with Gasteiger partial charge in [-0.3, -0.25) is 4.79 Å². The molecule has 0 unspecified atom stereocenters. The number of benzene rings is 1. The topological polar surface area (TPSA) is 88.5 Å². The third-order valence-corrected chi connectivity index (χ3v) is 8.60. The second kappa shape index (κ2) is 7.78. The molecule has 3 atom stereocenters. The van der Waals surface area contributed by atoms with Crippen molar-refractivity contribution in [3.63, 3.8) is 0 Å². The van der Waals surface area contributed by atoms with Crippen LogP contribution in [0.1, 0.15) is 43.9 Å². The standard InChI is InChI=1S/C25H24ClF5N6O/c1-22(25(29,30)31)11-36(16-10-33-18-9-17(26)35-37(18)20(16)22)15-5-3-12(4-6-15)19-23(2,24(19,27)28)21(38)34-14-7-13(32)8-14/h3-6,9-10,13-14,19H,7-8,11,32H2,1-2H3,(H,34,38)/t13?,14?,19-,22-,23+/m1/s1. The van der Waals surface area contributed by atoms with E-state index in [4.69, 9.17) is 17.3 Å². The van der Waals surface area contributed by atoms with Crippen LogP contribution in [0.5, 0.6) is 0 Å². The molecule has 0 spiro atoms. The lowest BCUT2D eigenvalue weighted by atomic mass is 9.87. The van der Waals surface area contributed by atoms with E-state index in [-0.39, 0.29) is 39.8 Å². The molecule has 3 N–H and O–H groups in total. The average molecular weight is 555 g/mol. The van der Waals surface area contributed by atoms with Gasteiger partial charge in [-0.05, 0) is 44.4 Å². The summed E-state index contributed by atoms with van der Waals surface area (Å²) in [6.07, 6.45) is -2.20. The van der Waals surface area contributed by atoms with E-state index < -0.39 is 41.3 Å². The number of hydrogen-bond donors (Lipinski definition) is 2. The SMILES string of the molecule is C[C@@]1(C(F)(F)F)CN(c2ccc([C@H]3C(F)(F)[C@]3(C)C(=O)NC3CC(N)C3)cc2)c2cnc3cc(Cl)nn3c21. The molecule has 0 saturated heterocycles. The molecule has 2 fully saturated rings. The molecule has 1 amide bonds. The van der Waals surface area contributed by atoms with Crippen molar-refractivity contribution >= 4 is 34.5 Å². The molecule has 2 aromatic heterocycles. The van der Waals surface area contributed by atoms with Crippen LogP contribution in [0.2, 0.25) is 5.15 Å². The third kappa shape index (κ3) is 3.32. The highest BCUT2D eigenvalue weighted by atomic mass is 35.5. The second-order valence-corrected chi connectivity index (χ2v) is 11.3. The molecule has 38 heavy (non-hydrogen) atoms. The number of amides is 1. The fourth-order valence-electron chi connectivity index (χ4n) is 5.86. The summed E-state index contributed by atoms with van der Waals surface area (Å²) in [5, 5.41) is 6.70. The van der Waals surface area contributed by atoms with Crippen LogP contribution < -0.4 is 16.0 Å². The van der Waals surface area contributed by atoms with Crippen molar-refractivity contribution in [1.29, 1.82) is 0 Å². The van der Waals surface area contributed by atoms with Crippen molar-refractivity contribution in [1.82, 2.24) is 19.9 Å². The predicted molar refractivity (Wildman–Crippen MR) is 130 cm³/mol. The number of nitrogens with zero attached hydrogens (tertiary/aromatic N) is 4. The molecule has 1 aliphatic heterocycles. The highest BCUT2D eigenvalue weighted by molar-refractivity contribution is 6.29. The summed E-state index contributed by atoms with van der Waals surface area (Å²) in [7, 11) is 0. The van der Waals surface area contributed by atoms with Crippen LogP contribution >= 0.6 is 11.6 Å². The average Bonchev–Trinajstić information content (AvgIpc) is 3.10. The molecule has 3 aromatic rings. The molecule has 13 heteroatoms. The number of carbonyl (C=O) groups is 1. The van der Waals surface area contributed by atoms with Gasteiger partial charge in [0.1, 0.15) is 10.8 Å². The van der Waals surface area contributed by atoms with E-state index in [2.05, 4.69) is 15.4 Å². The van der Waals surface area contributed by atoms with Crippen LogP contribution in [0, 0.1) is 5.41 Å². The molecule has 0 radical (unpaired) electrons. The van der Waals surface area contributed by atoms with Crippen LogP contribution in [0.3, 0.4) is 0 Å². The van der Waals surface area contributed by atoms with Gasteiger partial charge in [0.15, 0.2) is 10.8 Å². The van der Waals surface area contributed by atoms with E-state index in [1.165, 1.54) is 48.4 Å². The molecule has 202 valence electrons. The Hall–Kier alpha value is -2.99. The maximum Gasteiger partial charge on any atom is 0.401 e. The van der Waals surface area contributed by atoms with Crippen LogP contribution in [-0.4, -0.2) is 51.2 Å². The summed E-state index contributed by atoms with van der Waals surface area (Å²) in [6, 6.07) is 6.97. The van der Waals surface area contributed by atoms with Gasteiger partial charge < -0.3 is 16.0 Å². The fraction of sp³-hybridized carbons (Fsp3) is 0.480. The number of rotatable bonds is 4. The number of nitrogens with one attached hydrogen (secondary N) is 1. The Morgan fingerprint density at radius 2 is 1.84 bits per heavy atom. The number of aromatic nitrogens is 3. The van der Waals surface area contributed by atoms with Gasteiger partial charge in [-0.25, -0.2) is 18.3 Å². The van der Waals surface area contributed by atoms with E-state index in [0.29, 0.717) is 18.5 Å². The maximum atomic E-state index is 15.0. The van der Waals surface area contributed by atoms with E-state index >= 15 is 0 Å². The zero-order valence-electron chi connectivity index (χ0n) is 20.4. The van der Waals surface area contributed by atoms with E-state index in [1.54, 1.807) is 0 Å². The summed E-state index contributed by atoms with van der Waals surface area (Å²) in [4.78, 5) is 18.4. The number of anilines is 2. The van der Waals surface area contributed by atoms with Crippen LogP contribution in [0.25, 0.3) is 5.65 Å². The fourth-order valence-corrected chi connectivity index (χ4v) is 6.03. The number of fused-ring (bicyclic) bond motifs is 3. The highest BCUT2D eigenvalue weighted by Crippen LogP contribution is 2.71. The van der Waals surface area contributed by atoms with Gasteiger partial charge in [0.25, 0.3) is 5.92 Å². The molecule has 3 heterocycles. The number of halogens is 6. The largest absolute Gasteiger partial charge is 0.401 e. The van der Waals surface area contributed by atoms with Crippen molar-refractivity contribution in [2.45, 2.75) is 62.2 Å². The molecule has 3 aliphatic rings. The highest BCUT2D eigenvalue weighted by Gasteiger charge is 2.82. The number of nitrogens with two attached hydrogens (primary N) is 1. The molecular weight excluding hydrogens is 531 g/mol. The van der Waals surface area contributed by atoms with Crippen molar-refractivity contribution in [3.8, 4) is 0 Å². The molecule has 7 nitrogen and oxygen atoms in total. The zero-order valence-corrected chi connectivity index (χ0v) is 21.1. The van der Waals surface area contributed by atoms with Gasteiger partial charge in [0, 0.05) is 30.4 Å². The van der Waals surface area contributed by atoms with E-state index in [1.807, 2.05) is 0 Å². The quantitative estimate of drug-likeness (QED) is 0.457. The van der Waals surface area contributed by atoms with Crippen molar-refractivity contribution in [2.75, 3.05) is 11.4 Å². The zero-order chi connectivity index (χ0) is 27.4. The minimum Gasteiger partial charge on any atom is -0.353 e. The Labute approximate surface area is 219 Å². The normalized spacial score (nSPS) is 31.7. The van der Waals surface area contributed by atoms with Gasteiger partial charge >= 0.3 is 6.18 Å². The number of hydrogen-bond acceptors (Lipinski definition) is 5. The monoisotopic (exact) mass is 554 g/mol. The van der Waals surface area contributed by atoms with Gasteiger partial charge in [0.2, 0.25) is 5.91 Å². The summed E-state index contributed by atoms with van der Waals surface area (Å²) in [5.74, 6) is -5.35.